The van der Waals surface area contributed by atoms with Gasteiger partial charge in [-0.1, -0.05) is 90.4 Å². The fourth-order valence-electron chi connectivity index (χ4n) is 4.25. The fourth-order valence-corrected chi connectivity index (χ4v) is 4.25. The van der Waals surface area contributed by atoms with Crippen LogP contribution in [0, 0.1) is 0 Å². The summed E-state index contributed by atoms with van der Waals surface area (Å²) < 4.78 is 22.2. The fraction of sp³-hybridized carbons (Fsp3) is 1.00. The summed E-state index contributed by atoms with van der Waals surface area (Å²) in [6.07, 6.45) is 14.0. The Kier molecular flexibility index (Phi) is 19.4. The highest BCUT2D eigenvalue weighted by Crippen LogP contribution is 2.21. The van der Waals surface area contributed by atoms with Crippen LogP contribution in [-0.2, 0) is 18.9 Å². The van der Waals surface area contributed by atoms with Crippen molar-refractivity contribution >= 4 is 0 Å². The molecule has 8 heteroatoms. The molecule has 1 saturated heterocycles. The lowest BCUT2D eigenvalue weighted by Crippen LogP contribution is -2.62. The van der Waals surface area contributed by atoms with Gasteiger partial charge in [0, 0.05) is 13.7 Å². The summed E-state index contributed by atoms with van der Waals surface area (Å²) in [6.45, 7) is 3.10. The third kappa shape index (κ3) is 13.7. The Morgan fingerprint density at radius 3 is 1.82 bits per heavy atom. The molecule has 0 aromatic heterocycles. The quantitative estimate of drug-likeness (QED) is 0.170. The molecule has 0 bridgehead atoms. The molecule has 0 aromatic carbocycles. The van der Waals surface area contributed by atoms with Crippen LogP contribution in [0.2, 0.25) is 0 Å². The first-order valence-electron chi connectivity index (χ1n) is 13.6. The molecule has 0 amide bonds. The minimum absolute atomic E-state index is 0.175. The van der Waals surface area contributed by atoms with Gasteiger partial charge in [-0.2, -0.15) is 0 Å². The minimum Gasteiger partial charge on any atom is -0.394 e. The average molecular weight is 492 g/mol. The van der Waals surface area contributed by atoms with E-state index in [0.717, 1.165) is 6.42 Å². The van der Waals surface area contributed by atoms with Crippen molar-refractivity contribution in [2.75, 3.05) is 33.5 Å². The number of aliphatic hydroxyl groups is 3. The lowest BCUT2D eigenvalue weighted by molar-refractivity contribution is -0.271. The number of nitrogens with two attached hydrogens (primary N) is 1. The van der Waals surface area contributed by atoms with Crippen molar-refractivity contribution < 1.29 is 34.3 Å². The summed E-state index contributed by atoms with van der Waals surface area (Å²) in [5.74, 6) is 0. The monoisotopic (exact) mass is 491 g/mol. The second-order valence-electron chi connectivity index (χ2n) is 9.65. The van der Waals surface area contributed by atoms with E-state index in [-0.39, 0.29) is 12.7 Å². The molecule has 204 valence electrons. The number of methoxy groups -OCH3 is 1. The maximum absolute atomic E-state index is 10.00. The van der Waals surface area contributed by atoms with E-state index >= 15 is 0 Å². The molecule has 0 aliphatic carbocycles. The van der Waals surface area contributed by atoms with Crippen LogP contribution in [0.25, 0.3) is 0 Å². The van der Waals surface area contributed by atoms with Crippen LogP contribution in [0.15, 0.2) is 0 Å². The SMILES string of the molecule is CCCCCCCCCCCCCCCCOCC(CO[C@H]1OC(CO)[C@@H](O)[C@H](O)C1N)OC. The third-order valence-electron chi connectivity index (χ3n) is 6.65. The highest BCUT2D eigenvalue weighted by atomic mass is 16.7. The van der Waals surface area contributed by atoms with E-state index in [1.165, 1.54) is 83.5 Å². The summed E-state index contributed by atoms with van der Waals surface area (Å²) in [5.41, 5.74) is 5.88. The zero-order chi connectivity index (χ0) is 25.0. The van der Waals surface area contributed by atoms with Gasteiger partial charge in [-0.05, 0) is 6.42 Å². The Morgan fingerprint density at radius 1 is 0.794 bits per heavy atom. The lowest BCUT2D eigenvalue weighted by atomic mass is 9.98. The maximum Gasteiger partial charge on any atom is 0.175 e. The first-order chi connectivity index (χ1) is 16.5. The van der Waals surface area contributed by atoms with Crippen LogP contribution in [-0.4, -0.2) is 85.6 Å². The molecule has 0 radical (unpaired) electrons. The lowest BCUT2D eigenvalue weighted by Gasteiger charge is -2.40. The third-order valence-corrected chi connectivity index (χ3v) is 6.65. The molecule has 1 fully saturated rings. The Morgan fingerprint density at radius 2 is 1.32 bits per heavy atom. The first kappa shape index (κ1) is 31.7. The van der Waals surface area contributed by atoms with E-state index in [1.807, 2.05) is 0 Å². The van der Waals surface area contributed by atoms with Gasteiger partial charge in [0.25, 0.3) is 0 Å². The van der Waals surface area contributed by atoms with Crippen molar-refractivity contribution in [1.29, 1.82) is 0 Å². The maximum atomic E-state index is 10.00. The van der Waals surface area contributed by atoms with Crippen molar-refractivity contribution in [2.24, 2.45) is 5.73 Å². The molecule has 0 aromatic rings. The van der Waals surface area contributed by atoms with E-state index in [1.54, 1.807) is 7.11 Å². The van der Waals surface area contributed by atoms with Gasteiger partial charge in [-0.25, -0.2) is 0 Å². The smallest absolute Gasteiger partial charge is 0.175 e. The Balaban J connectivity index is 1.97. The van der Waals surface area contributed by atoms with E-state index in [4.69, 9.17) is 24.7 Å². The van der Waals surface area contributed by atoms with Crippen molar-refractivity contribution in [2.45, 2.75) is 134 Å². The van der Waals surface area contributed by atoms with Gasteiger partial charge in [0.15, 0.2) is 6.29 Å². The second-order valence-corrected chi connectivity index (χ2v) is 9.65. The predicted molar refractivity (Wildman–Crippen MR) is 134 cm³/mol. The highest BCUT2D eigenvalue weighted by Gasteiger charge is 2.43. The van der Waals surface area contributed by atoms with Gasteiger partial charge in [-0.15, -0.1) is 0 Å². The Labute approximate surface area is 207 Å². The van der Waals surface area contributed by atoms with Crippen molar-refractivity contribution in [1.82, 2.24) is 0 Å². The number of hydrogen-bond acceptors (Lipinski definition) is 8. The van der Waals surface area contributed by atoms with Crippen molar-refractivity contribution in [3.05, 3.63) is 0 Å². The molecule has 1 heterocycles. The number of aliphatic hydroxyl groups excluding tert-OH is 3. The Bertz CT molecular complexity index is 455. The van der Waals surface area contributed by atoms with E-state index in [0.29, 0.717) is 13.2 Å². The molecule has 8 nitrogen and oxygen atoms in total. The second kappa shape index (κ2) is 20.8. The van der Waals surface area contributed by atoms with Crippen molar-refractivity contribution in [3.8, 4) is 0 Å². The van der Waals surface area contributed by atoms with Gasteiger partial charge < -0.3 is 40.0 Å². The molecule has 3 unspecified atom stereocenters. The average Bonchev–Trinajstić information content (AvgIpc) is 2.85. The van der Waals surface area contributed by atoms with E-state index < -0.39 is 37.3 Å². The zero-order valence-corrected chi connectivity index (χ0v) is 21.7. The van der Waals surface area contributed by atoms with Crippen LogP contribution in [0.3, 0.4) is 0 Å². The molecule has 34 heavy (non-hydrogen) atoms. The normalized spacial score (nSPS) is 26.1. The van der Waals surface area contributed by atoms with Gasteiger partial charge in [0.05, 0.1) is 25.9 Å². The molecule has 0 spiro atoms. The van der Waals surface area contributed by atoms with Gasteiger partial charge in [0.1, 0.15) is 24.4 Å². The topological polar surface area (TPSA) is 124 Å². The predicted octanol–water partition coefficient (Wildman–Crippen LogP) is 3.28. The van der Waals surface area contributed by atoms with Crippen LogP contribution in [0.5, 0.6) is 0 Å². The summed E-state index contributed by atoms with van der Waals surface area (Å²) in [6, 6.07) is -0.910. The molecule has 0 saturated carbocycles. The van der Waals surface area contributed by atoms with E-state index in [9.17, 15) is 15.3 Å². The van der Waals surface area contributed by atoms with Crippen LogP contribution >= 0.6 is 0 Å². The summed E-state index contributed by atoms with van der Waals surface area (Å²) >= 11 is 0. The molecule has 1 aliphatic rings. The van der Waals surface area contributed by atoms with Crippen molar-refractivity contribution in [3.63, 3.8) is 0 Å². The van der Waals surface area contributed by atoms with Gasteiger partial charge in [0.2, 0.25) is 0 Å². The Hall–Kier alpha value is -0.320. The molecule has 1 rings (SSSR count). The van der Waals surface area contributed by atoms with Gasteiger partial charge >= 0.3 is 0 Å². The standard InChI is InChI=1S/C26H53NO7/c1-3-4-5-6-7-8-9-10-11-12-13-14-15-16-17-32-19-21(31-2)20-33-26-23(27)25(30)24(29)22(18-28)34-26/h21-26,28-30H,3-20,27H2,1-2H3/t21?,22?,23?,24-,25-,26+/m1/s1. The zero-order valence-electron chi connectivity index (χ0n) is 21.7. The van der Waals surface area contributed by atoms with E-state index in [2.05, 4.69) is 6.92 Å². The number of hydrogen-bond donors (Lipinski definition) is 4. The number of ether oxygens (including phenoxy) is 4. The summed E-state index contributed by atoms with van der Waals surface area (Å²) in [5, 5.41) is 29.1. The molecular formula is C26H53NO7. The molecule has 1 aliphatic heterocycles. The summed E-state index contributed by atoms with van der Waals surface area (Å²) in [4.78, 5) is 0. The van der Waals surface area contributed by atoms with Gasteiger partial charge in [-0.3, -0.25) is 0 Å². The highest BCUT2D eigenvalue weighted by molar-refractivity contribution is 4.91. The molecular weight excluding hydrogens is 438 g/mol. The van der Waals surface area contributed by atoms with Crippen LogP contribution in [0.4, 0.5) is 0 Å². The van der Waals surface area contributed by atoms with Crippen LogP contribution in [0.1, 0.15) is 96.8 Å². The largest absolute Gasteiger partial charge is 0.394 e. The number of rotatable bonds is 22. The minimum atomic E-state index is -1.24. The molecule has 6 atom stereocenters. The number of unbranched alkanes of at least 4 members (excludes halogenated alkanes) is 13. The molecule has 5 N–H and O–H groups in total. The first-order valence-corrected chi connectivity index (χ1v) is 13.6. The van der Waals surface area contributed by atoms with Crippen LogP contribution < -0.4 is 5.73 Å². The summed E-state index contributed by atoms with van der Waals surface area (Å²) in [7, 11) is 1.58.